The molecule has 6 nitrogen and oxygen atoms in total. The first kappa shape index (κ1) is 18.9. The molecule has 0 amide bonds. The molecular formula is C25H21N4O2+. The Morgan fingerprint density at radius 1 is 0.903 bits per heavy atom. The molecule has 0 saturated carbocycles. The fourth-order valence-corrected chi connectivity index (χ4v) is 3.83. The molecule has 4 aromatic rings. The Bertz CT molecular complexity index is 1230. The molecule has 6 heteroatoms. The smallest absolute Gasteiger partial charge is 0.359 e. The van der Waals surface area contributed by atoms with Crippen molar-refractivity contribution in [2.24, 2.45) is 0 Å². The van der Waals surface area contributed by atoms with Crippen molar-refractivity contribution >= 4 is 11.7 Å². The fourth-order valence-electron chi connectivity index (χ4n) is 3.83. The zero-order valence-electron chi connectivity index (χ0n) is 16.8. The predicted octanol–water partition coefficient (Wildman–Crippen LogP) is 3.40. The third-order valence-corrected chi connectivity index (χ3v) is 5.39. The number of fused-ring (bicyclic) bond motifs is 1. The number of nitrogens with zero attached hydrogens (tertiary/aromatic N) is 3. The number of aromatic hydroxyl groups is 1. The molecule has 2 aromatic heterocycles. The van der Waals surface area contributed by atoms with Gasteiger partial charge in [0.1, 0.15) is 23.3 Å². The van der Waals surface area contributed by atoms with E-state index in [-0.39, 0.29) is 11.7 Å². The average molecular weight is 409 g/mol. The SMILES string of the molecule is O=C1C(Cc2ccc(O)cc2)Nc2c(Cc3ccccc3)nc(-c3ccccn3)c[n+]21. The van der Waals surface area contributed by atoms with Crippen LogP contribution in [0.5, 0.6) is 5.75 Å². The molecule has 31 heavy (non-hydrogen) atoms. The number of pyridine rings is 1. The third-order valence-electron chi connectivity index (χ3n) is 5.39. The number of aromatic nitrogens is 3. The summed E-state index contributed by atoms with van der Waals surface area (Å²) in [6.45, 7) is 0. The number of nitrogens with one attached hydrogen (secondary N) is 1. The summed E-state index contributed by atoms with van der Waals surface area (Å²) in [7, 11) is 0. The fraction of sp³-hybridized carbons (Fsp3) is 0.120. The van der Waals surface area contributed by atoms with Crippen LogP contribution in [0.1, 0.15) is 21.6 Å². The van der Waals surface area contributed by atoms with Crippen molar-refractivity contribution in [1.82, 2.24) is 9.97 Å². The van der Waals surface area contributed by atoms with Crippen molar-refractivity contribution in [1.29, 1.82) is 0 Å². The molecular weight excluding hydrogens is 388 g/mol. The summed E-state index contributed by atoms with van der Waals surface area (Å²) in [4.78, 5) is 22.5. The molecule has 0 spiro atoms. The number of rotatable bonds is 5. The number of hydrogen-bond donors (Lipinski definition) is 2. The molecule has 2 aromatic carbocycles. The van der Waals surface area contributed by atoms with Crippen molar-refractivity contribution in [2.75, 3.05) is 5.32 Å². The maximum absolute atomic E-state index is 13.3. The molecule has 0 bridgehead atoms. The lowest BCUT2D eigenvalue weighted by molar-refractivity contribution is -0.552. The minimum atomic E-state index is -0.403. The quantitative estimate of drug-likeness (QED) is 0.494. The van der Waals surface area contributed by atoms with E-state index in [1.54, 1.807) is 29.1 Å². The lowest BCUT2D eigenvalue weighted by Gasteiger charge is -2.06. The molecule has 0 fully saturated rings. The highest BCUT2D eigenvalue weighted by Gasteiger charge is 2.41. The van der Waals surface area contributed by atoms with Gasteiger partial charge in [-0.1, -0.05) is 48.5 Å². The normalized spacial score (nSPS) is 14.8. The Kier molecular flexibility index (Phi) is 4.88. The summed E-state index contributed by atoms with van der Waals surface area (Å²) < 4.78 is 1.67. The molecule has 1 aliphatic rings. The van der Waals surface area contributed by atoms with Gasteiger partial charge in [-0.3, -0.25) is 10.3 Å². The molecule has 1 unspecified atom stereocenters. The first-order valence-electron chi connectivity index (χ1n) is 10.2. The largest absolute Gasteiger partial charge is 0.508 e. The number of benzene rings is 2. The van der Waals surface area contributed by atoms with Crippen LogP contribution in [0.25, 0.3) is 11.4 Å². The Labute approximate surface area is 179 Å². The Hall–Kier alpha value is -4.06. The topological polar surface area (TPSA) is 79.0 Å². The molecule has 5 rings (SSSR count). The molecule has 0 aliphatic carbocycles. The van der Waals surface area contributed by atoms with Crippen LogP contribution in [0.2, 0.25) is 0 Å². The van der Waals surface area contributed by atoms with Gasteiger partial charge in [-0.25, -0.2) is 9.78 Å². The van der Waals surface area contributed by atoms with Gasteiger partial charge in [0, 0.05) is 19.0 Å². The van der Waals surface area contributed by atoms with Crippen LogP contribution >= 0.6 is 0 Å². The third kappa shape index (κ3) is 3.88. The summed E-state index contributed by atoms with van der Waals surface area (Å²) in [5.74, 6) is 0.899. The number of anilines is 1. The highest BCUT2D eigenvalue weighted by atomic mass is 16.3. The second-order valence-electron chi connectivity index (χ2n) is 7.57. The standard InChI is InChI=1S/C25H20N4O2/c30-19-11-9-18(10-12-19)15-22-25(31)29-16-23(20-8-4-5-13-26-20)27-21(24(29)28-22)14-17-6-2-1-3-7-17/h1-13,16,22,30H,14-15H2/p+1. The molecule has 3 heterocycles. The zero-order valence-corrected chi connectivity index (χ0v) is 16.8. The summed E-state index contributed by atoms with van der Waals surface area (Å²) in [6.07, 6.45) is 4.60. The van der Waals surface area contributed by atoms with Crippen LogP contribution in [0.3, 0.4) is 0 Å². The Morgan fingerprint density at radius 2 is 1.68 bits per heavy atom. The van der Waals surface area contributed by atoms with Gasteiger partial charge in [0.2, 0.25) is 0 Å². The van der Waals surface area contributed by atoms with Gasteiger partial charge in [0.05, 0.1) is 5.69 Å². The van der Waals surface area contributed by atoms with Crippen molar-refractivity contribution in [3.8, 4) is 17.1 Å². The minimum Gasteiger partial charge on any atom is -0.508 e. The summed E-state index contributed by atoms with van der Waals surface area (Å²) in [6, 6.07) is 22.3. The number of carbonyl (C=O) groups excluding carboxylic acids is 1. The minimum absolute atomic E-state index is 0.0306. The van der Waals surface area contributed by atoms with Crippen molar-refractivity contribution in [2.45, 2.75) is 18.9 Å². The molecule has 1 aliphatic heterocycles. The van der Waals surface area contributed by atoms with Gasteiger partial charge in [-0.2, -0.15) is 4.57 Å². The number of phenols is 1. The molecule has 0 saturated heterocycles. The second-order valence-corrected chi connectivity index (χ2v) is 7.57. The second kappa shape index (κ2) is 7.99. The van der Waals surface area contributed by atoms with Gasteiger partial charge < -0.3 is 5.11 Å². The monoisotopic (exact) mass is 409 g/mol. The van der Waals surface area contributed by atoms with Crippen LogP contribution in [-0.4, -0.2) is 27.0 Å². The first-order chi connectivity index (χ1) is 15.2. The van der Waals surface area contributed by atoms with Gasteiger partial charge in [-0.15, -0.1) is 0 Å². The Morgan fingerprint density at radius 3 is 2.42 bits per heavy atom. The van der Waals surface area contributed by atoms with E-state index in [1.807, 2.05) is 48.5 Å². The van der Waals surface area contributed by atoms with Gasteiger partial charge >= 0.3 is 11.7 Å². The van der Waals surface area contributed by atoms with Gasteiger partial charge in [0.15, 0.2) is 6.04 Å². The summed E-state index contributed by atoms with van der Waals surface area (Å²) in [5.41, 5.74) is 4.28. The summed E-state index contributed by atoms with van der Waals surface area (Å²) >= 11 is 0. The number of phenolic OH excluding ortho intramolecular Hbond substituents is 1. The molecule has 0 radical (unpaired) electrons. The maximum atomic E-state index is 13.3. The predicted molar refractivity (Wildman–Crippen MR) is 117 cm³/mol. The van der Waals surface area contributed by atoms with Crippen LogP contribution in [0.4, 0.5) is 5.82 Å². The zero-order chi connectivity index (χ0) is 21.2. The lowest BCUT2D eigenvalue weighted by Crippen LogP contribution is -2.44. The summed E-state index contributed by atoms with van der Waals surface area (Å²) in [5, 5.41) is 12.9. The van der Waals surface area contributed by atoms with E-state index in [2.05, 4.69) is 22.4 Å². The van der Waals surface area contributed by atoms with Crippen LogP contribution < -0.4 is 9.88 Å². The first-order valence-corrected chi connectivity index (χ1v) is 10.2. The van der Waals surface area contributed by atoms with E-state index in [4.69, 9.17) is 4.98 Å². The lowest BCUT2D eigenvalue weighted by atomic mass is 10.1. The van der Waals surface area contributed by atoms with Crippen molar-refractivity contribution in [3.63, 3.8) is 0 Å². The van der Waals surface area contributed by atoms with Crippen molar-refractivity contribution < 1.29 is 14.5 Å². The van der Waals surface area contributed by atoms with Gasteiger partial charge in [0.25, 0.3) is 0 Å². The van der Waals surface area contributed by atoms with Gasteiger partial charge in [-0.05, 0) is 35.4 Å². The maximum Gasteiger partial charge on any atom is 0.359 e. The van der Waals surface area contributed by atoms with Crippen LogP contribution in [0, 0.1) is 0 Å². The van der Waals surface area contributed by atoms with E-state index >= 15 is 0 Å². The van der Waals surface area contributed by atoms with Crippen LogP contribution in [-0.2, 0) is 12.8 Å². The van der Waals surface area contributed by atoms with E-state index in [0.29, 0.717) is 18.5 Å². The van der Waals surface area contributed by atoms with Crippen LogP contribution in [0.15, 0.2) is 85.2 Å². The number of hydrogen-bond acceptors (Lipinski definition) is 5. The van der Waals surface area contributed by atoms with E-state index in [0.717, 1.165) is 28.3 Å². The van der Waals surface area contributed by atoms with E-state index in [9.17, 15) is 9.90 Å². The van der Waals surface area contributed by atoms with E-state index < -0.39 is 6.04 Å². The average Bonchev–Trinajstić information content (AvgIpc) is 3.12. The van der Waals surface area contributed by atoms with E-state index in [1.165, 1.54) is 0 Å². The highest BCUT2D eigenvalue weighted by molar-refractivity contribution is 5.82. The highest BCUT2D eigenvalue weighted by Crippen LogP contribution is 2.24. The molecule has 1 atom stereocenters. The Balaban J connectivity index is 1.53. The number of carbonyl (C=O) groups is 1. The van der Waals surface area contributed by atoms with Crippen molar-refractivity contribution in [3.05, 3.63) is 102 Å². The molecule has 152 valence electrons. The molecule has 2 N–H and O–H groups in total.